The van der Waals surface area contributed by atoms with Crippen LogP contribution in [-0.2, 0) is 10.3 Å². The van der Waals surface area contributed by atoms with E-state index in [4.69, 9.17) is 5.73 Å². The van der Waals surface area contributed by atoms with Gasteiger partial charge in [0, 0.05) is 0 Å². The second-order valence-electron chi connectivity index (χ2n) is 3.99. The molecule has 2 rings (SSSR count). The zero-order valence-electron chi connectivity index (χ0n) is 9.92. The fraction of sp³-hybridized carbons (Fsp3) is 0.0714. The Morgan fingerprint density at radius 3 is 2.16 bits per heavy atom. The second kappa shape index (κ2) is 5.82. The maximum absolute atomic E-state index is 13.2. The van der Waals surface area contributed by atoms with Crippen LogP contribution in [0.2, 0.25) is 0 Å². The molecule has 100 valence electrons. The van der Waals surface area contributed by atoms with E-state index in [9.17, 15) is 14.3 Å². The van der Waals surface area contributed by atoms with E-state index in [1.54, 1.807) is 30.3 Å². The lowest BCUT2D eigenvalue weighted by atomic mass is 9.84. The molecule has 0 aliphatic heterocycles. The van der Waals surface area contributed by atoms with Gasteiger partial charge in [-0.3, -0.25) is 0 Å². The number of rotatable bonds is 3. The highest BCUT2D eigenvalue weighted by Crippen LogP contribution is 2.27. The van der Waals surface area contributed by atoms with Gasteiger partial charge in [0.05, 0.1) is 0 Å². The van der Waals surface area contributed by atoms with E-state index >= 15 is 0 Å². The summed E-state index contributed by atoms with van der Waals surface area (Å²) in [6.07, 6.45) is 0. The first-order chi connectivity index (χ1) is 8.55. The van der Waals surface area contributed by atoms with Crippen molar-refractivity contribution in [2.45, 2.75) is 5.54 Å². The predicted octanol–water partition coefficient (Wildman–Crippen LogP) is 2.53. The highest BCUT2D eigenvalue weighted by Gasteiger charge is 2.38. The first kappa shape index (κ1) is 15.1. The molecule has 0 radical (unpaired) electrons. The SMILES string of the molecule is Cl.NC(C(=O)O)(c1ccccc1)c1cccc(F)c1. The minimum Gasteiger partial charge on any atom is -0.479 e. The monoisotopic (exact) mass is 281 g/mol. The van der Waals surface area contributed by atoms with Crippen molar-refractivity contribution in [3.63, 3.8) is 0 Å². The Kier molecular flexibility index (Phi) is 4.64. The molecule has 0 aliphatic carbocycles. The quantitative estimate of drug-likeness (QED) is 0.909. The summed E-state index contributed by atoms with van der Waals surface area (Å²) in [4.78, 5) is 11.5. The fourth-order valence-electron chi connectivity index (χ4n) is 1.85. The maximum Gasteiger partial charge on any atom is 0.333 e. The lowest BCUT2D eigenvalue weighted by Crippen LogP contribution is -2.46. The average molecular weight is 282 g/mol. The molecule has 2 aromatic carbocycles. The molecule has 0 aliphatic rings. The van der Waals surface area contributed by atoms with Gasteiger partial charge in [0.15, 0.2) is 5.54 Å². The summed E-state index contributed by atoms with van der Waals surface area (Å²) in [5.74, 6) is -1.74. The van der Waals surface area contributed by atoms with Crippen molar-refractivity contribution >= 4 is 18.4 Å². The van der Waals surface area contributed by atoms with E-state index in [1.807, 2.05) is 0 Å². The van der Waals surface area contributed by atoms with Crippen LogP contribution >= 0.6 is 12.4 Å². The third-order valence-corrected chi connectivity index (χ3v) is 2.85. The zero-order chi connectivity index (χ0) is 13.2. The molecule has 1 unspecified atom stereocenters. The van der Waals surface area contributed by atoms with Gasteiger partial charge in [0.2, 0.25) is 0 Å². The number of carbonyl (C=O) groups is 1. The molecule has 2 aromatic rings. The molecule has 0 amide bonds. The molecule has 0 aromatic heterocycles. The van der Waals surface area contributed by atoms with Crippen LogP contribution in [0.15, 0.2) is 54.6 Å². The molecule has 5 heteroatoms. The average Bonchev–Trinajstić information content (AvgIpc) is 2.38. The van der Waals surface area contributed by atoms with Gasteiger partial charge in [0.25, 0.3) is 0 Å². The molecule has 19 heavy (non-hydrogen) atoms. The molecule has 3 N–H and O–H groups in total. The normalized spacial score (nSPS) is 13.2. The Balaban J connectivity index is 0.00000180. The highest BCUT2D eigenvalue weighted by atomic mass is 35.5. The van der Waals surface area contributed by atoms with Crippen LogP contribution in [-0.4, -0.2) is 11.1 Å². The van der Waals surface area contributed by atoms with E-state index in [-0.39, 0.29) is 18.0 Å². The summed E-state index contributed by atoms with van der Waals surface area (Å²) < 4.78 is 13.2. The van der Waals surface area contributed by atoms with Gasteiger partial charge in [-0.15, -0.1) is 12.4 Å². The standard InChI is InChI=1S/C14H12FNO2.ClH/c15-12-8-4-7-11(9-12)14(16,13(17)18)10-5-2-1-3-6-10;/h1-9H,16H2,(H,17,18);1H. The van der Waals surface area contributed by atoms with Crippen LogP contribution in [0.3, 0.4) is 0 Å². The van der Waals surface area contributed by atoms with Crippen molar-refractivity contribution in [1.29, 1.82) is 0 Å². The molecule has 3 nitrogen and oxygen atoms in total. The molecule has 1 atom stereocenters. The van der Waals surface area contributed by atoms with E-state index < -0.39 is 17.3 Å². The summed E-state index contributed by atoms with van der Waals surface area (Å²) in [7, 11) is 0. The van der Waals surface area contributed by atoms with Gasteiger partial charge in [0.1, 0.15) is 5.82 Å². The van der Waals surface area contributed by atoms with Gasteiger partial charge in [-0.2, -0.15) is 0 Å². The number of hydrogen-bond acceptors (Lipinski definition) is 2. The van der Waals surface area contributed by atoms with Gasteiger partial charge in [-0.05, 0) is 23.3 Å². The van der Waals surface area contributed by atoms with Crippen molar-refractivity contribution in [3.8, 4) is 0 Å². The molecule has 0 heterocycles. The minimum atomic E-state index is -1.75. The van der Waals surface area contributed by atoms with Crippen molar-refractivity contribution in [2.24, 2.45) is 5.73 Å². The number of halogens is 2. The van der Waals surface area contributed by atoms with Gasteiger partial charge in [-0.25, -0.2) is 9.18 Å². The molecular formula is C14H13ClFNO2. The minimum absolute atomic E-state index is 0. The van der Waals surface area contributed by atoms with Crippen LogP contribution < -0.4 is 5.73 Å². The summed E-state index contributed by atoms with van der Waals surface area (Å²) in [5, 5.41) is 9.38. The van der Waals surface area contributed by atoms with Gasteiger partial charge < -0.3 is 10.8 Å². The Labute approximate surface area is 116 Å². The fourth-order valence-corrected chi connectivity index (χ4v) is 1.85. The maximum atomic E-state index is 13.2. The Morgan fingerprint density at radius 2 is 1.63 bits per heavy atom. The number of carboxylic acid groups (broad SMARTS) is 1. The van der Waals surface area contributed by atoms with E-state index in [0.29, 0.717) is 5.56 Å². The summed E-state index contributed by atoms with van der Waals surface area (Å²) in [6.45, 7) is 0. The predicted molar refractivity (Wildman–Crippen MR) is 72.7 cm³/mol. The van der Waals surface area contributed by atoms with Crippen LogP contribution in [0.1, 0.15) is 11.1 Å². The molecule has 0 saturated heterocycles. The molecule has 0 fully saturated rings. The topological polar surface area (TPSA) is 63.3 Å². The third-order valence-electron chi connectivity index (χ3n) is 2.85. The van der Waals surface area contributed by atoms with Gasteiger partial charge >= 0.3 is 5.97 Å². The lowest BCUT2D eigenvalue weighted by Gasteiger charge is -2.25. The smallest absolute Gasteiger partial charge is 0.333 e. The third kappa shape index (κ3) is 2.75. The van der Waals surface area contributed by atoms with Crippen LogP contribution in [0.25, 0.3) is 0 Å². The Bertz CT molecular complexity index is 577. The van der Waals surface area contributed by atoms with Crippen molar-refractivity contribution in [3.05, 3.63) is 71.5 Å². The van der Waals surface area contributed by atoms with Crippen molar-refractivity contribution < 1.29 is 14.3 Å². The number of carboxylic acids is 1. The summed E-state index contributed by atoms with van der Waals surface area (Å²) in [5.41, 5.74) is 4.85. The number of nitrogens with two attached hydrogens (primary N) is 1. The number of aliphatic carboxylic acids is 1. The molecule has 0 saturated carbocycles. The largest absolute Gasteiger partial charge is 0.479 e. The van der Waals surface area contributed by atoms with Crippen LogP contribution in [0, 0.1) is 5.82 Å². The van der Waals surface area contributed by atoms with Gasteiger partial charge in [-0.1, -0.05) is 42.5 Å². The lowest BCUT2D eigenvalue weighted by molar-refractivity contribution is -0.142. The molecule has 0 bridgehead atoms. The number of benzene rings is 2. The highest BCUT2D eigenvalue weighted by molar-refractivity contribution is 5.85. The number of hydrogen-bond donors (Lipinski definition) is 2. The van der Waals surface area contributed by atoms with Crippen LogP contribution in [0.4, 0.5) is 4.39 Å². The first-order valence-corrected chi connectivity index (χ1v) is 5.39. The van der Waals surface area contributed by atoms with Crippen LogP contribution in [0.5, 0.6) is 0 Å². The summed E-state index contributed by atoms with van der Waals surface area (Å²) in [6, 6.07) is 13.7. The first-order valence-electron chi connectivity index (χ1n) is 5.39. The van der Waals surface area contributed by atoms with E-state index in [2.05, 4.69) is 0 Å². The van der Waals surface area contributed by atoms with Crippen molar-refractivity contribution in [2.75, 3.05) is 0 Å². The molecule has 0 spiro atoms. The van der Waals surface area contributed by atoms with E-state index in [1.165, 1.54) is 18.2 Å². The molecular weight excluding hydrogens is 269 g/mol. The zero-order valence-corrected chi connectivity index (χ0v) is 10.7. The second-order valence-corrected chi connectivity index (χ2v) is 3.99. The Hall–Kier alpha value is -1.91. The summed E-state index contributed by atoms with van der Waals surface area (Å²) >= 11 is 0. The van der Waals surface area contributed by atoms with Crippen molar-refractivity contribution in [1.82, 2.24) is 0 Å². The van der Waals surface area contributed by atoms with E-state index in [0.717, 1.165) is 6.07 Å². The Morgan fingerprint density at radius 1 is 1.05 bits per heavy atom.